The van der Waals surface area contributed by atoms with E-state index in [1.54, 1.807) is 13.8 Å². The molecule has 9 nitrogen and oxygen atoms in total. The molecule has 0 aliphatic rings. The first-order chi connectivity index (χ1) is 8.64. The Morgan fingerprint density at radius 1 is 1.42 bits per heavy atom. The molecule has 0 aliphatic carbocycles. The summed E-state index contributed by atoms with van der Waals surface area (Å²) >= 11 is 0. The second-order valence-electron chi connectivity index (χ2n) is 4.81. The van der Waals surface area contributed by atoms with Gasteiger partial charge in [-0.25, -0.2) is 0 Å². The molecule has 0 aromatic rings. The van der Waals surface area contributed by atoms with Crippen molar-refractivity contribution < 1.29 is 29.4 Å². The topological polar surface area (TPSA) is 142 Å². The zero-order chi connectivity index (χ0) is 15.1. The van der Waals surface area contributed by atoms with E-state index in [2.05, 4.69) is 4.84 Å². The van der Waals surface area contributed by atoms with Crippen LogP contribution in [0.25, 0.3) is 0 Å². The second kappa shape index (κ2) is 7.52. The number of nitrogens with two attached hydrogens (primary N) is 1. The lowest BCUT2D eigenvalue weighted by Gasteiger charge is -2.22. The highest BCUT2D eigenvalue weighted by Gasteiger charge is 2.23. The van der Waals surface area contributed by atoms with Crippen molar-refractivity contribution in [2.45, 2.75) is 32.7 Å². The molecule has 0 saturated carbocycles. The van der Waals surface area contributed by atoms with Crippen LogP contribution in [0, 0.1) is 15.5 Å². The molecule has 0 aromatic heterocycles. The van der Waals surface area contributed by atoms with Gasteiger partial charge >= 0.3 is 11.9 Å². The third-order valence-corrected chi connectivity index (χ3v) is 2.16. The van der Waals surface area contributed by atoms with Gasteiger partial charge in [0.05, 0.1) is 6.61 Å². The van der Waals surface area contributed by atoms with Crippen molar-refractivity contribution >= 4 is 11.9 Å². The summed E-state index contributed by atoms with van der Waals surface area (Å²) in [6.45, 7) is 2.99. The van der Waals surface area contributed by atoms with Gasteiger partial charge in [0.15, 0.2) is 0 Å². The van der Waals surface area contributed by atoms with Crippen molar-refractivity contribution in [2.24, 2.45) is 11.1 Å². The second-order valence-corrected chi connectivity index (χ2v) is 4.81. The maximum atomic E-state index is 11.3. The Labute approximate surface area is 109 Å². The lowest BCUT2D eigenvalue weighted by molar-refractivity contribution is -0.760. The number of aliphatic carboxylic acids is 1. The summed E-state index contributed by atoms with van der Waals surface area (Å²) in [5.74, 6) is -1.79. The molecule has 1 atom stereocenters. The number of ether oxygens (including phenoxy) is 1. The molecule has 0 unspecified atom stereocenters. The van der Waals surface area contributed by atoms with Crippen molar-refractivity contribution in [3.63, 3.8) is 0 Å². The van der Waals surface area contributed by atoms with Crippen molar-refractivity contribution in [1.29, 1.82) is 0 Å². The van der Waals surface area contributed by atoms with Crippen molar-refractivity contribution in [3.8, 4) is 0 Å². The fourth-order valence-corrected chi connectivity index (χ4v) is 1.01. The highest BCUT2D eigenvalue weighted by atomic mass is 16.9. The predicted octanol–water partition coefficient (Wildman–Crippen LogP) is -0.0438. The molecule has 0 amide bonds. The Kier molecular flexibility index (Phi) is 6.76. The van der Waals surface area contributed by atoms with Crippen LogP contribution >= 0.6 is 0 Å². The number of carboxylic acid groups (broad SMARTS) is 1. The normalized spacial score (nSPS) is 12.6. The van der Waals surface area contributed by atoms with Gasteiger partial charge in [0, 0.05) is 11.8 Å². The molecular formula is C10H18N2O7. The number of esters is 1. The summed E-state index contributed by atoms with van der Waals surface area (Å²) in [5.41, 5.74) is 4.51. The Hall–Kier alpha value is -1.90. The molecule has 0 saturated heterocycles. The fourth-order valence-electron chi connectivity index (χ4n) is 1.01. The van der Waals surface area contributed by atoms with E-state index in [1.807, 2.05) is 0 Å². The number of rotatable bonds is 9. The van der Waals surface area contributed by atoms with Crippen LogP contribution in [-0.4, -0.2) is 41.4 Å². The van der Waals surface area contributed by atoms with Crippen molar-refractivity contribution in [3.05, 3.63) is 10.1 Å². The first kappa shape index (κ1) is 17.1. The summed E-state index contributed by atoms with van der Waals surface area (Å²) in [7, 11) is 0. The maximum Gasteiger partial charge on any atom is 0.320 e. The SMILES string of the molecule is CC(C)(COC(=O)CC[C@H](N)C(=O)O)CO[N+](=O)[O-]. The van der Waals surface area contributed by atoms with E-state index < -0.39 is 28.5 Å². The smallest absolute Gasteiger partial charge is 0.320 e. The Bertz CT molecular complexity index is 343. The number of hydrogen-bond acceptors (Lipinski definition) is 7. The summed E-state index contributed by atoms with van der Waals surface area (Å²) in [4.78, 5) is 36.0. The largest absolute Gasteiger partial charge is 0.480 e. The van der Waals surface area contributed by atoms with E-state index in [4.69, 9.17) is 15.6 Å². The molecule has 110 valence electrons. The lowest BCUT2D eigenvalue weighted by atomic mass is 9.96. The number of carbonyl (C=O) groups excluding carboxylic acids is 1. The third kappa shape index (κ3) is 8.77. The minimum absolute atomic E-state index is 0.0278. The first-order valence-corrected chi connectivity index (χ1v) is 5.55. The van der Waals surface area contributed by atoms with Crippen LogP contribution in [0.3, 0.4) is 0 Å². The average Bonchev–Trinajstić information content (AvgIpc) is 2.31. The van der Waals surface area contributed by atoms with E-state index in [0.717, 1.165) is 0 Å². The average molecular weight is 278 g/mol. The molecule has 0 heterocycles. The van der Waals surface area contributed by atoms with Crippen LogP contribution in [0.2, 0.25) is 0 Å². The summed E-state index contributed by atoms with van der Waals surface area (Å²) in [6.07, 6.45) is -0.153. The maximum absolute atomic E-state index is 11.3. The fraction of sp³-hybridized carbons (Fsp3) is 0.800. The van der Waals surface area contributed by atoms with Crippen LogP contribution in [-0.2, 0) is 19.2 Å². The van der Waals surface area contributed by atoms with Gasteiger partial charge in [0.1, 0.15) is 12.6 Å². The Morgan fingerprint density at radius 3 is 2.47 bits per heavy atom. The zero-order valence-electron chi connectivity index (χ0n) is 10.8. The molecule has 0 bridgehead atoms. The highest BCUT2D eigenvalue weighted by molar-refractivity contribution is 5.75. The van der Waals surface area contributed by atoms with Gasteiger partial charge in [0.25, 0.3) is 5.09 Å². The van der Waals surface area contributed by atoms with Crippen molar-refractivity contribution in [2.75, 3.05) is 13.2 Å². The van der Waals surface area contributed by atoms with Crippen LogP contribution in [0.5, 0.6) is 0 Å². The zero-order valence-corrected chi connectivity index (χ0v) is 10.8. The van der Waals surface area contributed by atoms with Gasteiger partial charge in [-0.15, -0.1) is 10.1 Å². The van der Waals surface area contributed by atoms with Crippen LogP contribution < -0.4 is 5.73 Å². The van der Waals surface area contributed by atoms with Crippen LogP contribution in [0.15, 0.2) is 0 Å². The van der Waals surface area contributed by atoms with Gasteiger partial charge in [-0.05, 0) is 6.42 Å². The Morgan fingerprint density at radius 2 is 2.00 bits per heavy atom. The number of nitrogens with zero attached hydrogens (tertiary/aromatic N) is 1. The van der Waals surface area contributed by atoms with Crippen LogP contribution in [0.4, 0.5) is 0 Å². The predicted molar refractivity (Wildman–Crippen MR) is 62.5 cm³/mol. The van der Waals surface area contributed by atoms with Crippen molar-refractivity contribution in [1.82, 2.24) is 0 Å². The van der Waals surface area contributed by atoms with Gasteiger partial charge in [-0.1, -0.05) is 13.8 Å². The molecule has 0 aromatic carbocycles. The number of carbonyl (C=O) groups is 2. The van der Waals surface area contributed by atoms with Gasteiger partial charge < -0.3 is 20.4 Å². The van der Waals surface area contributed by atoms with E-state index in [0.29, 0.717) is 0 Å². The van der Waals surface area contributed by atoms with Gasteiger partial charge in [-0.2, -0.15) is 0 Å². The lowest BCUT2D eigenvalue weighted by Crippen LogP contribution is -2.32. The molecule has 0 fully saturated rings. The van der Waals surface area contributed by atoms with Gasteiger partial charge in [0.2, 0.25) is 0 Å². The molecule has 0 rings (SSSR count). The Balaban J connectivity index is 3.94. The number of hydrogen-bond donors (Lipinski definition) is 2. The third-order valence-electron chi connectivity index (χ3n) is 2.16. The van der Waals surface area contributed by atoms with Gasteiger partial charge in [-0.3, -0.25) is 9.59 Å². The number of carboxylic acids is 1. The summed E-state index contributed by atoms with van der Waals surface area (Å²) in [5, 5.41) is 17.6. The standard InChI is InChI=1S/C10H18N2O7/c1-10(2,6-19-12(16)17)5-18-8(13)4-3-7(11)9(14)15/h7H,3-6,11H2,1-2H3,(H,14,15)/t7-/m0/s1. The molecule has 9 heteroatoms. The summed E-state index contributed by atoms with van der Waals surface area (Å²) < 4.78 is 4.88. The first-order valence-electron chi connectivity index (χ1n) is 5.55. The van der Waals surface area contributed by atoms with E-state index >= 15 is 0 Å². The van der Waals surface area contributed by atoms with Crippen LogP contribution in [0.1, 0.15) is 26.7 Å². The minimum Gasteiger partial charge on any atom is -0.480 e. The highest BCUT2D eigenvalue weighted by Crippen LogP contribution is 2.16. The molecule has 19 heavy (non-hydrogen) atoms. The quantitative estimate of drug-likeness (QED) is 0.339. The summed E-state index contributed by atoms with van der Waals surface area (Å²) in [6, 6.07) is -1.11. The molecule has 3 N–H and O–H groups in total. The molecule has 0 aliphatic heterocycles. The van der Waals surface area contributed by atoms with E-state index in [9.17, 15) is 19.7 Å². The molecular weight excluding hydrogens is 260 g/mol. The molecule has 0 radical (unpaired) electrons. The minimum atomic E-state index is -1.19. The molecule has 0 spiro atoms. The monoisotopic (exact) mass is 278 g/mol. The van der Waals surface area contributed by atoms with E-state index in [-0.39, 0.29) is 26.1 Å². The van der Waals surface area contributed by atoms with E-state index in [1.165, 1.54) is 0 Å².